The van der Waals surface area contributed by atoms with Gasteiger partial charge in [-0.25, -0.2) is 0 Å². The summed E-state index contributed by atoms with van der Waals surface area (Å²) in [7, 11) is 0. The van der Waals surface area contributed by atoms with Crippen molar-refractivity contribution in [3.05, 3.63) is 64.7 Å². The summed E-state index contributed by atoms with van der Waals surface area (Å²) in [6.45, 7) is 0. The first kappa shape index (κ1) is 17.7. The molecule has 0 bridgehead atoms. The Hall–Kier alpha value is -3.07. The average Bonchev–Trinajstić information content (AvgIpc) is 3.15. The zero-order valence-corrected chi connectivity index (χ0v) is 15.1. The highest BCUT2D eigenvalue weighted by molar-refractivity contribution is 9.10. The molecular formula is C17H14BrN5O3. The molecule has 0 radical (unpaired) electrons. The lowest BCUT2D eigenvalue weighted by molar-refractivity contribution is -0.121. The fraction of sp³-hybridized carbons (Fsp3) is 0.118. The number of benzene rings is 1. The van der Waals surface area contributed by atoms with Gasteiger partial charge in [0, 0.05) is 40.8 Å². The van der Waals surface area contributed by atoms with Crippen LogP contribution in [-0.4, -0.2) is 26.9 Å². The van der Waals surface area contributed by atoms with Gasteiger partial charge in [-0.05, 0) is 36.4 Å². The molecule has 0 spiro atoms. The van der Waals surface area contributed by atoms with Gasteiger partial charge in [0.1, 0.15) is 0 Å². The van der Waals surface area contributed by atoms with E-state index in [1.807, 2.05) is 6.07 Å². The molecule has 2 amide bonds. The Labute approximate surface area is 157 Å². The number of carbonyl (C=O) groups is 2. The van der Waals surface area contributed by atoms with Crippen LogP contribution in [0.2, 0.25) is 0 Å². The van der Waals surface area contributed by atoms with E-state index in [4.69, 9.17) is 4.52 Å². The minimum Gasteiger partial charge on any atom is -0.339 e. The smallest absolute Gasteiger partial charge is 0.269 e. The lowest BCUT2D eigenvalue weighted by Gasteiger charge is -2.06. The van der Waals surface area contributed by atoms with E-state index in [1.54, 1.807) is 42.7 Å². The molecule has 0 saturated heterocycles. The molecule has 132 valence electrons. The van der Waals surface area contributed by atoms with Crippen LogP contribution >= 0.6 is 15.9 Å². The molecular weight excluding hydrogens is 402 g/mol. The molecule has 3 rings (SSSR count). The van der Waals surface area contributed by atoms with Crippen LogP contribution in [0.5, 0.6) is 0 Å². The Morgan fingerprint density at radius 1 is 1.12 bits per heavy atom. The van der Waals surface area contributed by atoms with Crippen molar-refractivity contribution in [1.29, 1.82) is 0 Å². The van der Waals surface area contributed by atoms with E-state index in [1.165, 1.54) is 0 Å². The zero-order valence-electron chi connectivity index (χ0n) is 13.5. The Kier molecular flexibility index (Phi) is 5.69. The van der Waals surface area contributed by atoms with Crippen LogP contribution in [0.25, 0.3) is 11.4 Å². The zero-order chi connectivity index (χ0) is 18.4. The van der Waals surface area contributed by atoms with Crippen LogP contribution < -0.4 is 10.9 Å². The highest BCUT2D eigenvalue weighted by atomic mass is 79.9. The van der Waals surface area contributed by atoms with E-state index in [0.29, 0.717) is 17.3 Å². The van der Waals surface area contributed by atoms with Crippen molar-refractivity contribution in [2.45, 2.75) is 12.8 Å². The quantitative estimate of drug-likeness (QED) is 0.618. The topological polar surface area (TPSA) is 110 Å². The van der Waals surface area contributed by atoms with Crippen molar-refractivity contribution in [2.24, 2.45) is 0 Å². The third-order valence-corrected chi connectivity index (χ3v) is 3.90. The number of hydrazine groups is 1. The number of hydrogen-bond acceptors (Lipinski definition) is 6. The summed E-state index contributed by atoms with van der Waals surface area (Å²) in [4.78, 5) is 32.0. The summed E-state index contributed by atoms with van der Waals surface area (Å²) in [5.74, 6) is -0.0191. The molecule has 2 heterocycles. The molecule has 8 nitrogen and oxygen atoms in total. The number of aryl methyl sites for hydroxylation is 1. The van der Waals surface area contributed by atoms with Gasteiger partial charge in [0.25, 0.3) is 5.91 Å². The SMILES string of the molecule is O=C(CCc1nc(-c2cccnc2)no1)NNC(=O)c1ccc(Br)cc1. The molecule has 0 fully saturated rings. The second kappa shape index (κ2) is 8.34. The van der Waals surface area contributed by atoms with Gasteiger partial charge in [-0.3, -0.25) is 25.4 Å². The average molecular weight is 416 g/mol. The van der Waals surface area contributed by atoms with Crippen LogP contribution in [0.4, 0.5) is 0 Å². The van der Waals surface area contributed by atoms with Crippen molar-refractivity contribution in [2.75, 3.05) is 0 Å². The van der Waals surface area contributed by atoms with Gasteiger partial charge in [-0.1, -0.05) is 21.1 Å². The maximum atomic E-state index is 11.9. The molecule has 26 heavy (non-hydrogen) atoms. The first-order valence-corrected chi connectivity index (χ1v) is 8.49. The highest BCUT2D eigenvalue weighted by Crippen LogP contribution is 2.14. The van der Waals surface area contributed by atoms with Crippen molar-refractivity contribution in [3.8, 4) is 11.4 Å². The molecule has 3 aromatic rings. The largest absolute Gasteiger partial charge is 0.339 e. The summed E-state index contributed by atoms with van der Waals surface area (Å²) in [6.07, 6.45) is 3.62. The van der Waals surface area contributed by atoms with Gasteiger partial charge < -0.3 is 4.52 Å². The summed E-state index contributed by atoms with van der Waals surface area (Å²) in [6, 6.07) is 10.4. The van der Waals surface area contributed by atoms with Crippen LogP contribution in [0, 0.1) is 0 Å². The number of rotatable bonds is 5. The molecule has 2 N–H and O–H groups in total. The number of amides is 2. The molecule has 0 aliphatic carbocycles. The van der Waals surface area contributed by atoms with Gasteiger partial charge in [-0.15, -0.1) is 0 Å². The molecule has 1 aromatic carbocycles. The van der Waals surface area contributed by atoms with Crippen molar-refractivity contribution in [1.82, 2.24) is 26.0 Å². The van der Waals surface area contributed by atoms with E-state index in [-0.39, 0.29) is 18.7 Å². The van der Waals surface area contributed by atoms with Gasteiger partial charge in [-0.2, -0.15) is 4.98 Å². The lowest BCUT2D eigenvalue weighted by atomic mass is 10.2. The summed E-state index contributed by atoms with van der Waals surface area (Å²) in [5, 5.41) is 3.85. The van der Waals surface area contributed by atoms with Gasteiger partial charge >= 0.3 is 0 Å². The van der Waals surface area contributed by atoms with Gasteiger partial charge in [0.2, 0.25) is 17.6 Å². The van der Waals surface area contributed by atoms with Crippen LogP contribution in [0.3, 0.4) is 0 Å². The predicted molar refractivity (Wildman–Crippen MR) is 95.6 cm³/mol. The first-order valence-electron chi connectivity index (χ1n) is 7.69. The third kappa shape index (κ3) is 4.73. The Balaban J connectivity index is 1.46. The lowest BCUT2D eigenvalue weighted by Crippen LogP contribution is -2.41. The van der Waals surface area contributed by atoms with Crippen molar-refractivity contribution in [3.63, 3.8) is 0 Å². The summed E-state index contributed by atoms with van der Waals surface area (Å²) in [5.41, 5.74) is 5.88. The van der Waals surface area contributed by atoms with Crippen molar-refractivity contribution >= 4 is 27.7 Å². The summed E-state index contributed by atoms with van der Waals surface area (Å²) < 4.78 is 5.98. The van der Waals surface area contributed by atoms with E-state index in [2.05, 4.69) is 41.9 Å². The molecule has 0 unspecified atom stereocenters. The van der Waals surface area contributed by atoms with E-state index < -0.39 is 5.91 Å². The molecule has 0 aliphatic rings. The number of aromatic nitrogens is 3. The van der Waals surface area contributed by atoms with Crippen LogP contribution in [-0.2, 0) is 11.2 Å². The highest BCUT2D eigenvalue weighted by Gasteiger charge is 2.12. The van der Waals surface area contributed by atoms with Crippen LogP contribution in [0.1, 0.15) is 22.7 Å². The summed E-state index contributed by atoms with van der Waals surface area (Å²) >= 11 is 3.29. The second-order valence-electron chi connectivity index (χ2n) is 5.26. The second-order valence-corrected chi connectivity index (χ2v) is 6.18. The third-order valence-electron chi connectivity index (χ3n) is 3.38. The van der Waals surface area contributed by atoms with E-state index >= 15 is 0 Å². The standard InChI is InChI=1S/C17H14BrN5O3/c18-13-5-3-11(4-6-13)17(25)22-21-14(24)7-8-15-20-16(23-26-15)12-2-1-9-19-10-12/h1-6,9-10H,7-8H2,(H,21,24)(H,22,25). The molecule has 9 heteroatoms. The molecule has 0 aliphatic heterocycles. The predicted octanol–water partition coefficient (Wildman–Crippen LogP) is 2.29. The Morgan fingerprint density at radius 3 is 2.65 bits per heavy atom. The van der Waals surface area contributed by atoms with Crippen LogP contribution in [0.15, 0.2) is 57.8 Å². The number of halogens is 1. The first-order chi connectivity index (χ1) is 12.6. The Bertz CT molecular complexity index is 896. The van der Waals surface area contributed by atoms with Gasteiger partial charge in [0.05, 0.1) is 0 Å². The number of nitrogens with zero attached hydrogens (tertiary/aromatic N) is 3. The number of pyridine rings is 1. The molecule has 2 aromatic heterocycles. The van der Waals surface area contributed by atoms with Crippen molar-refractivity contribution < 1.29 is 14.1 Å². The minimum atomic E-state index is -0.400. The maximum absolute atomic E-state index is 11.9. The fourth-order valence-corrected chi connectivity index (χ4v) is 2.32. The van der Waals surface area contributed by atoms with E-state index in [0.717, 1.165) is 10.0 Å². The number of hydrogen-bond donors (Lipinski definition) is 2. The van der Waals surface area contributed by atoms with E-state index in [9.17, 15) is 9.59 Å². The fourth-order valence-electron chi connectivity index (χ4n) is 2.05. The Morgan fingerprint density at radius 2 is 1.92 bits per heavy atom. The van der Waals surface area contributed by atoms with Gasteiger partial charge in [0.15, 0.2) is 0 Å². The minimum absolute atomic E-state index is 0.0926. The maximum Gasteiger partial charge on any atom is 0.269 e. The number of nitrogens with one attached hydrogen (secondary N) is 2. The monoisotopic (exact) mass is 415 g/mol. The normalized spacial score (nSPS) is 10.3. The molecule has 0 atom stereocenters. The number of carbonyl (C=O) groups excluding carboxylic acids is 2. The molecule has 0 saturated carbocycles.